The van der Waals surface area contributed by atoms with Gasteiger partial charge in [0.1, 0.15) is 0 Å². The summed E-state index contributed by atoms with van der Waals surface area (Å²) in [7, 11) is 0. The highest BCUT2D eigenvalue weighted by Gasteiger charge is 2.05. The van der Waals surface area contributed by atoms with Crippen LogP contribution in [0.1, 0.15) is 37.3 Å². The van der Waals surface area contributed by atoms with Gasteiger partial charge in [0.05, 0.1) is 19.1 Å². The Balaban J connectivity index is 0.000000385. The van der Waals surface area contributed by atoms with Crippen LogP contribution in [0.3, 0.4) is 0 Å². The molecule has 3 nitrogen and oxygen atoms in total. The van der Waals surface area contributed by atoms with E-state index in [0.717, 1.165) is 5.69 Å². The summed E-state index contributed by atoms with van der Waals surface area (Å²) in [6.45, 7) is 6.17. The molecular weight excluding hydrogens is 200 g/mol. The van der Waals surface area contributed by atoms with Gasteiger partial charge in [0.15, 0.2) is 0 Å². The molecule has 0 aromatic heterocycles. The van der Waals surface area contributed by atoms with Gasteiger partial charge in [-0.25, -0.2) is 5.11 Å². The molecule has 1 aromatic rings. The van der Waals surface area contributed by atoms with Gasteiger partial charge in [0, 0.05) is 5.69 Å². The zero-order valence-electron chi connectivity index (χ0n) is 10.2. The molecule has 1 aromatic carbocycles. The smallest absolute Gasteiger partial charge is 0.0952 e. The molecule has 1 radical (unpaired) electrons. The van der Waals surface area contributed by atoms with Crippen LogP contribution < -0.4 is 5.73 Å². The van der Waals surface area contributed by atoms with E-state index in [-0.39, 0.29) is 13.0 Å². The topological polar surface area (TPSA) is 69.7 Å². The van der Waals surface area contributed by atoms with Crippen molar-refractivity contribution in [1.82, 2.24) is 0 Å². The minimum atomic E-state index is -0.267. The molecule has 87 valence electrons. The van der Waals surface area contributed by atoms with E-state index in [1.807, 2.05) is 12.1 Å². The zero-order chi connectivity index (χ0) is 12.6. The summed E-state index contributed by atoms with van der Waals surface area (Å²) in [6.07, 6.45) is 0.139. The maximum atomic E-state index is 9.31. The molecule has 0 saturated carbocycles. The summed E-state index contributed by atoms with van der Waals surface area (Å²) >= 11 is 0. The van der Waals surface area contributed by atoms with Gasteiger partial charge in [-0.2, -0.15) is 5.26 Å². The van der Waals surface area contributed by atoms with Crippen LogP contribution in [-0.4, -0.2) is 6.61 Å². The molecular formula is C13H19N2O. The van der Waals surface area contributed by atoms with Gasteiger partial charge >= 0.3 is 0 Å². The summed E-state index contributed by atoms with van der Waals surface area (Å²) in [5.41, 5.74) is 9.32. The maximum absolute atomic E-state index is 9.31. The van der Waals surface area contributed by atoms with E-state index in [1.54, 1.807) is 6.07 Å². The van der Waals surface area contributed by atoms with Crippen molar-refractivity contribution in [3.05, 3.63) is 29.3 Å². The van der Waals surface area contributed by atoms with Crippen LogP contribution in [0.5, 0.6) is 0 Å². The molecule has 0 amide bonds. The Morgan fingerprint density at radius 1 is 1.44 bits per heavy atom. The summed E-state index contributed by atoms with van der Waals surface area (Å²) in [5, 5.41) is 16.9. The number of anilines is 1. The Labute approximate surface area is 97.5 Å². The highest BCUT2D eigenvalue weighted by Crippen LogP contribution is 2.24. The van der Waals surface area contributed by atoms with E-state index < -0.39 is 0 Å². The second-order valence-electron chi connectivity index (χ2n) is 3.84. The Hall–Kier alpha value is -1.53. The first-order valence-electron chi connectivity index (χ1n) is 5.34. The number of nitrogen functional groups attached to an aromatic ring is 1. The Morgan fingerprint density at radius 2 is 2.06 bits per heavy atom. The molecule has 0 unspecified atom stereocenters. The number of nitrogens with two attached hydrogens (primary N) is 1. The second kappa shape index (κ2) is 7.72. The highest BCUT2D eigenvalue weighted by molar-refractivity contribution is 5.52. The fourth-order valence-corrected chi connectivity index (χ4v) is 1.54. The van der Waals surface area contributed by atoms with Crippen LogP contribution in [-0.2, 0) is 5.11 Å². The maximum Gasteiger partial charge on any atom is 0.0952 e. The lowest BCUT2D eigenvalue weighted by Gasteiger charge is -2.11. The van der Waals surface area contributed by atoms with Crippen molar-refractivity contribution in [2.24, 2.45) is 0 Å². The molecule has 2 N–H and O–H groups in total. The molecule has 0 heterocycles. The minimum absolute atomic E-state index is 0.139. The normalized spacial score (nSPS) is 9.25. The average molecular weight is 219 g/mol. The van der Waals surface area contributed by atoms with E-state index in [4.69, 9.17) is 11.0 Å². The number of aryl methyl sites for hydroxylation is 1. The number of rotatable bonds is 2. The molecule has 3 heteroatoms. The van der Waals surface area contributed by atoms with Crippen LogP contribution in [0, 0.1) is 18.3 Å². The average Bonchev–Trinajstić information content (AvgIpc) is 2.19. The standard InChI is InChI=1S/C10H15N.C3H4NO/c1-7(2)10-8(3)5-4-6-9(10)11;4-2-1-3-5/h4-7H,11H2,1-3H3;1,3H2. The first-order chi connectivity index (χ1) is 7.54. The van der Waals surface area contributed by atoms with Gasteiger partial charge < -0.3 is 5.73 Å². The van der Waals surface area contributed by atoms with Crippen molar-refractivity contribution in [3.8, 4) is 6.07 Å². The van der Waals surface area contributed by atoms with Crippen LogP contribution >= 0.6 is 0 Å². The third-order valence-corrected chi connectivity index (χ3v) is 2.15. The predicted octanol–water partition coefficient (Wildman–Crippen LogP) is 3.03. The fraction of sp³-hybridized carbons (Fsp3) is 0.462. The van der Waals surface area contributed by atoms with Crippen LogP contribution in [0.15, 0.2) is 18.2 Å². The fourth-order valence-electron chi connectivity index (χ4n) is 1.54. The van der Waals surface area contributed by atoms with Gasteiger partial charge in [0.2, 0.25) is 0 Å². The monoisotopic (exact) mass is 219 g/mol. The molecule has 0 bridgehead atoms. The number of hydrogen-bond donors (Lipinski definition) is 1. The van der Waals surface area contributed by atoms with Crippen molar-refractivity contribution in [1.29, 1.82) is 5.26 Å². The van der Waals surface area contributed by atoms with E-state index >= 15 is 0 Å². The quantitative estimate of drug-likeness (QED) is 0.776. The number of nitriles is 1. The van der Waals surface area contributed by atoms with E-state index in [9.17, 15) is 5.11 Å². The van der Waals surface area contributed by atoms with Gasteiger partial charge in [-0.05, 0) is 30.0 Å². The Kier molecular flexibility index (Phi) is 6.98. The zero-order valence-corrected chi connectivity index (χ0v) is 10.2. The van der Waals surface area contributed by atoms with Crippen molar-refractivity contribution in [3.63, 3.8) is 0 Å². The largest absolute Gasteiger partial charge is 0.398 e. The number of nitrogens with zero attached hydrogens (tertiary/aromatic N) is 1. The lowest BCUT2D eigenvalue weighted by Crippen LogP contribution is -1.98. The predicted molar refractivity (Wildman–Crippen MR) is 65.5 cm³/mol. The van der Waals surface area contributed by atoms with Crippen molar-refractivity contribution < 1.29 is 5.11 Å². The summed E-state index contributed by atoms with van der Waals surface area (Å²) in [5.74, 6) is 0.524. The van der Waals surface area contributed by atoms with Crippen LogP contribution in [0.2, 0.25) is 0 Å². The molecule has 0 fully saturated rings. The number of hydrogen-bond acceptors (Lipinski definition) is 2. The van der Waals surface area contributed by atoms with E-state index in [1.165, 1.54) is 11.1 Å². The summed E-state index contributed by atoms with van der Waals surface area (Å²) in [4.78, 5) is 0. The SMILES string of the molecule is Cc1cccc(N)c1C(C)C.N#CCC[O]. The van der Waals surface area contributed by atoms with Crippen molar-refractivity contribution >= 4 is 5.69 Å². The second-order valence-corrected chi connectivity index (χ2v) is 3.84. The third-order valence-electron chi connectivity index (χ3n) is 2.15. The van der Waals surface area contributed by atoms with Gasteiger partial charge in [-0.1, -0.05) is 26.0 Å². The van der Waals surface area contributed by atoms with Gasteiger partial charge in [-0.3, -0.25) is 0 Å². The van der Waals surface area contributed by atoms with Gasteiger partial charge in [-0.15, -0.1) is 0 Å². The third kappa shape index (κ3) is 4.81. The Bertz CT molecular complexity index is 333. The molecule has 0 aliphatic heterocycles. The minimum Gasteiger partial charge on any atom is -0.398 e. The number of benzene rings is 1. The summed E-state index contributed by atoms with van der Waals surface area (Å²) in [6, 6.07) is 7.76. The molecule has 1 rings (SSSR count). The van der Waals surface area contributed by atoms with Gasteiger partial charge in [0.25, 0.3) is 0 Å². The highest BCUT2D eigenvalue weighted by atomic mass is 16.2. The van der Waals surface area contributed by atoms with E-state index in [0.29, 0.717) is 5.92 Å². The first kappa shape index (κ1) is 14.5. The first-order valence-corrected chi connectivity index (χ1v) is 5.34. The van der Waals surface area contributed by atoms with Crippen molar-refractivity contribution in [2.45, 2.75) is 33.1 Å². The van der Waals surface area contributed by atoms with Crippen molar-refractivity contribution in [2.75, 3.05) is 12.3 Å². The lowest BCUT2D eigenvalue weighted by molar-refractivity contribution is 0.201. The molecule has 0 aliphatic rings. The lowest BCUT2D eigenvalue weighted by atomic mass is 9.96. The van der Waals surface area contributed by atoms with Crippen LogP contribution in [0.25, 0.3) is 0 Å². The molecule has 0 atom stereocenters. The molecule has 0 spiro atoms. The van der Waals surface area contributed by atoms with E-state index in [2.05, 4.69) is 26.8 Å². The molecule has 0 saturated heterocycles. The Morgan fingerprint density at radius 3 is 2.31 bits per heavy atom. The molecule has 16 heavy (non-hydrogen) atoms. The molecule has 0 aliphatic carbocycles. The summed E-state index contributed by atoms with van der Waals surface area (Å²) < 4.78 is 0. The van der Waals surface area contributed by atoms with Crippen LogP contribution in [0.4, 0.5) is 5.69 Å².